The van der Waals surface area contributed by atoms with E-state index in [0.717, 1.165) is 18.1 Å². The van der Waals surface area contributed by atoms with E-state index >= 15 is 0 Å². The van der Waals surface area contributed by atoms with E-state index in [2.05, 4.69) is 10.3 Å². The Labute approximate surface area is 72.9 Å². The number of hydrazine groups is 1. The summed E-state index contributed by atoms with van der Waals surface area (Å²) in [7, 11) is 0. The SMILES string of the molecule is CC(NN)C(=S)N1CCCC1. The second-order valence-corrected chi connectivity index (χ2v) is 3.34. The molecule has 0 aromatic heterocycles. The van der Waals surface area contributed by atoms with Crippen molar-refractivity contribution in [1.82, 2.24) is 10.3 Å². The van der Waals surface area contributed by atoms with Gasteiger partial charge in [0.25, 0.3) is 0 Å². The van der Waals surface area contributed by atoms with E-state index in [1.165, 1.54) is 12.8 Å². The van der Waals surface area contributed by atoms with Gasteiger partial charge in [-0.3, -0.25) is 11.3 Å². The molecule has 0 amide bonds. The molecule has 1 aliphatic heterocycles. The zero-order valence-corrected chi connectivity index (χ0v) is 7.66. The third-order valence-electron chi connectivity index (χ3n) is 2.04. The minimum atomic E-state index is 0.128. The van der Waals surface area contributed by atoms with Crippen LogP contribution in [0.4, 0.5) is 0 Å². The number of likely N-dealkylation sites (tertiary alicyclic amines) is 1. The van der Waals surface area contributed by atoms with Gasteiger partial charge in [0, 0.05) is 13.1 Å². The van der Waals surface area contributed by atoms with Gasteiger partial charge in [0.2, 0.25) is 0 Å². The summed E-state index contributed by atoms with van der Waals surface area (Å²) in [6, 6.07) is 0.128. The molecule has 1 rings (SSSR count). The van der Waals surface area contributed by atoms with E-state index in [1.54, 1.807) is 0 Å². The molecule has 11 heavy (non-hydrogen) atoms. The van der Waals surface area contributed by atoms with Crippen molar-refractivity contribution in [1.29, 1.82) is 0 Å². The summed E-state index contributed by atoms with van der Waals surface area (Å²) in [5, 5.41) is 0. The van der Waals surface area contributed by atoms with Gasteiger partial charge < -0.3 is 4.90 Å². The molecule has 4 heteroatoms. The lowest BCUT2D eigenvalue weighted by Crippen LogP contribution is -2.45. The van der Waals surface area contributed by atoms with Crippen molar-refractivity contribution >= 4 is 17.2 Å². The van der Waals surface area contributed by atoms with Crippen LogP contribution in [0.15, 0.2) is 0 Å². The van der Waals surface area contributed by atoms with Crippen LogP contribution in [0.1, 0.15) is 19.8 Å². The molecule has 0 spiro atoms. The van der Waals surface area contributed by atoms with E-state index in [-0.39, 0.29) is 6.04 Å². The highest BCUT2D eigenvalue weighted by Gasteiger charge is 2.18. The summed E-state index contributed by atoms with van der Waals surface area (Å²) in [5.74, 6) is 5.28. The van der Waals surface area contributed by atoms with Crippen molar-refractivity contribution in [3.63, 3.8) is 0 Å². The first-order chi connectivity index (χ1) is 5.25. The van der Waals surface area contributed by atoms with Gasteiger partial charge in [-0.15, -0.1) is 0 Å². The van der Waals surface area contributed by atoms with Crippen LogP contribution in [0, 0.1) is 0 Å². The first kappa shape index (κ1) is 8.90. The average Bonchev–Trinajstić information content (AvgIpc) is 2.53. The summed E-state index contributed by atoms with van der Waals surface area (Å²) >= 11 is 5.22. The summed E-state index contributed by atoms with van der Waals surface area (Å²) in [4.78, 5) is 3.17. The molecule has 3 N–H and O–H groups in total. The predicted octanol–water partition coefficient (Wildman–Crippen LogP) is 0.261. The highest BCUT2D eigenvalue weighted by atomic mass is 32.1. The zero-order valence-electron chi connectivity index (χ0n) is 6.84. The Balaban J connectivity index is 2.39. The lowest BCUT2D eigenvalue weighted by Gasteiger charge is -2.22. The van der Waals surface area contributed by atoms with Gasteiger partial charge in [-0.05, 0) is 19.8 Å². The molecular weight excluding hydrogens is 158 g/mol. The standard InChI is InChI=1S/C7H15N3S/c1-6(9-8)7(11)10-4-2-3-5-10/h6,9H,2-5,8H2,1H3. The van der Waals surface area contributed by atoms with Crippen LogP contribution in [0.2, 0.25) is 0 Å². The maximum atomic E-state index is 5.28. The molecule has 1 unspecified atom stereocenters. The molecule has 1 saturated heterocycles. The quantitative estimate of drug-likeness (QED) is 0.357. The van der Waals surface area contributed by atoms with E-state index in [9.17, 15) is 0 Å². The first-order valence-corrected chi connectivity index (χ1v) is 4.41. The van der Waals surface area contributed by atoms with E-state index in [4.69, 9.17) is 18.1 Å². The Hall–Kier alpha value is -0.190. The molecule has 0 radical (unpaired) electrons. The first-order valence-electron chi connectivity index (χ1n) is 4.00. The number of nitrogens with one attached hydrogen (secondary N) is 1. The molecule has 0 saturated carbocycles. The van der Waals surface area contributed by atoms with Crippen molar-refractivity contribution in [2.75, 3.05) is 13.1 Å². The normalized spacial score (nSPS) is 20.4. The van der Waals surface area contributed by atoms with Gasteiger partial charge in [0.05, 0.1) is 11.0 Å². The molecule has 0 aromatic rings. The Bertz CT molecular complexity index is 143. The highest BCUT2D eigenvalue weighted by molar-refractivity contribution is 7.80. The van der Waals surface area contributed by atoms with E-state index in [0.29, 0.717) is 0 Å². The predicted molar refractivity (Wildman–Crippen MR) is 50.2 cm³/mol. The third-order valence-corrected chi connectivity index (χ3v) is 2.65. The largest absolute Gasteiger partial charge is 0.365 e. The van der Waals surface area contributed by atoms with Gasteiger partial charge in [-0.1, -0.05) is 12.2 Å². The summed E-state index contributed by atoms with van der Waals surface area (Å²) < 4.78 is 0. The fraction of sp³-hybridized carbons (Fsp3) is 0.857. The zero-order chi connectivity index (χ0) is 8.27. The van der Waals surface area contributed by atoms with Gasteiger partial charge in [0.15, 0.2) is 0 Å². The molecule has 0 aromatic carbocycles. The molecule has 1 aliphatic rings. The Morgan fingerprint density at radius 3 is 2.55 bits per heavy atom. The fourth-order valence-corrected chi connectivity index (χ4v) is 1.53. The highest BCUT2D eigenvalue weighted by Crippen LogP contribution is 2.09. The molecule has 0 bridgehead atoms. The Kier molecular flexibility index (Phi) is 3.23. The van der Waals surface area contributed by atoms with Gasteiger partial charge in [-0.25, -0.2) is 0 Å². The lowest BCUT2D eigenvalue weighted by molar-refractivity contribution is 0.495. The second kappa shape index (κ2) is 3.99. The Morgan fingerprint density at radius 1 is 1.55 bits per heavy atom. The summed E-state index contributed by atoms with van der Waals surface area (Å²) in [6.07, 6.45) is 2.52. The number of thiocarbonyl (C=S) groups is 1. The third kappa shape index (κ3) is 2.12. The molecule has 1 atom stereocenters. The lowest BCUT2D eigenvalue weighted by atomic mass is 10.3. The van der Waals surface area contributed by atoms with Crippen LogP contribution in [-0.4, -0.2) is 29.0 Å². The van der Waals surface area contributed by atoms with Crippen LogP contribution in [0.3, 0.4) is 0 Å². The minimum Gasteiger partial charge on any atom is -0.365 e. The van der Waals surface area contributed by atoms with Gasteiger partial charge in [-0.2, -0.15) is 0 Å². The summed E-state index contributed by atoms with van der Waals surface area (Å²) in [5.41, 5.74) is 2.66. The topological polar surface area (TPSA) is 41.3 Å². The van der Waals surface area contributed by atoms with Crippen molar-refractivity contribution in [3.8, 4) is 0 Å². The fourth-order valence-electron chi connectivity index (χ4n) is 1.28. The summed E-state index contributed by atoms with van der Waals surface area (Å²) in [6.45, 7) is 4.19. The van der Waals surface area contributed by atoms with Crippen LogP contribution in [0.5, 0.6) is 0 Å². The number of rotatable bonds is 2. The molecule has 1 fully saturated rings. The maximum Gasteiger partial charge on any atom is 0.0962 e. The van der Waals surface area contributed by atoms with E-state index in [1.807, 2.05) is 6.92 Å². The number of nitrogens with two attached hydrogens (primary N) is 1. The molecule has 3 nitrogen and oxygen atoms in total. The average molecular weight is 173 g/mol. The van der Waals surface area contributed by atoms with Crippen molar-refractivity contribution in [2.24, 2.45) is 5.84 Å². The van der Waals surface area contributed by atoms with E-state index < -0.39 is 0 Å². The van der Waals surface area contributed by atoms with Crippen molar-refractivity contribution in [2.45, 2.75) is 25.8 Å². The molecular formula is C7H15N3S. The Morgan fingerprint density at radius 2 is 2.09 bits per heavy atom. The number of nitrogens with zero attached hydrogens (tertiary/aromatic N) is 1. The molecule has 1 heterocycles. The second-order valence-electron chi connectivity index (χ2n) is 2.92. The maximum absolute atomic E-state index is 5.28. The van der Waals surface area contributed by atoms with Crippen molar-refractivity contribution in [3.05, 3.63) is 0 Å². The van der Waals surface area contributed by atoms with Crippen molar-refractivity contribution < 1.29 is 0 Å². The van der Waals surface area contributed by atoms with Gasteiger partial charge >= 0.3 is 0 Å². The number of hydrogen-bond donors (Lipinski definition) is 2. The molecule has 0 aliphatic carbocycles. The van der Waals surface area contributed by atoms with Crippen LogP contribution in [-0.2, 0) is 0 Å². The monoisotopic (exact) mass is 173 g/mol. The van der Waals surface area contributed by atoms with Crippen LogP contribution >= 0.6 is 12.2 Å². The number of hydrogen-bond acceptors (Lipinski definition) is 3. The van der Waals surface area contributed by atoms with Gasteiger partial charge in [0.1, 0.15) is 0 Å². The molecule has 64 valence electrons. The smallest absolute Gasteiger partial charge is 0.0962 e. The van der Waals surface area contributed by atoms with Crippen LogP contribution < -0.4 is 11.3 Å². The van der Waals surface area contributed by atoms with Crippen LogP contribution in [0.25, 0.3) is 0 Å². The minimum absolute atomic E-state index is 0.128.